The van der Waals surface area contributed by atoms with Crippen LogP contribution >= 0.6 is 15.9 Å². The molecule has 0 fully saturated rings. The Bertz CT molecular complexity index is 247. The summed E-state index contributed by atoms with van der Waals surface area (Å²) in [5.41, 5.74) is 0.741. The van der Waals surface area contributed by atoms with Crippen molar-refractivity contribution in [2.45, 2.75) is 0 Å². The van der Waals surface area contributed by atoms with Crippen LogP contribution in [-0.2, 0) is 0 Å². The van der Waals surface area contributed by atoms with Gasteiger partial charge in [-0.05, 0) is 28.1 Å². The van der Waals surface area contributed by atoms with Gasteiger partial charge in [0.1, 0.15) is 5.69 Å². The lowest BCUT2D eigenvalue weighted by molar-refractivity contribution is 1.06. The highest BCUT2D eigenvalue weighted by atomic mass is 79.9. The van der Waals surface area contributed by atoms with Crippen LogP contribution in [0.2, 0.25) is 0 Å². The van der Waals surface area contributed by atoms with Crippen LogP contribution in [0.3, 0.4) is 0 Å². The topological polar surface area (TPSA) is 50.7 Å². The predicted molar refractivity (Wildman–Crippen MR) is 42.8 cm³/mol. The largest absolute Gasteiger partial charge is 0.305 e. The normalized spacial score (nSPS) is 10.5. The minimum Gasteiger partial charge on any atom is -0.305 e. The van der Waals surface area contributed by atoms with Crippen molar-refractivity contribution in [1.82, 2.24) is 0 Å². The summed E-state index contributed by atoms with van der Waals surface area (Å²) in [7, 11) is 0. The van der Waals surface area contributed by atoms with E-state index in [2.05, 4.69) is 26.3 Å². The summed E-state index contributed by atoms with van der Waals surface area (Å²) in [6, 6.07) is 7.47. The van der Waals surface area contributed by atoms with Crippen molar-refractivity contribution in [3.8, 4) is 0 Å². The van der Waals surface area contributed by atoms with Crippen molar-refractivity contribution in [1.29, 1.82) is 0 Å². The molecule has 0 bridgehead atoms. The first-order valence-corrected chi connectivity index (χ1v) is 3.49. The molecule has 1 rings (SSSR count). The molecule has 0 aromatic heterocycles. The number of rotatable bonds is 1. The zero-order chi connectivity index (χ0) is 7.40. The van der Waals surface area contributed by atoms with Gasteiger partial charge < -0.3 is 5.84 Å². The first kappa shape index (κ1) is 7.21. The van der Waals surface area contributed by atoms with Gasteiger partial charge >= 0.3 is 0 Å². The molecule has 4 heteroatoms. The Morgan fingerprint density at radius 2 is 2.00 bits per heavy atom. The Morgan fingerprint density at radius 3 is 2.60 bits per heavy atom. The van der Waals surface area contributed by atoms with Crippen LogP contribution in [-0.4, -0.2) is 0 Å². The lowest BCUT2D eigenvalue weighted by Crippen LogP contribution is -1.74. The zero-order valence-electron chi connectivity index (χ0n) is 5.16. The second-order valence-corrected chi connectivity index (χ2v) is 2.52. The van der Waals surface area contributed by atoms with Crippen LogP contribution in [0.15, 0.2) is 39.1 Å². The maximum atomic E-state index is 4.87. The third kappa shape index (κ3) is 1.54. The molecule has 2 N–H and O–H groups in total. The summed E-state index contributed by atoms with van der Waals surface area (Å²) in [6.07, 6.45) is 0. The molecule has 1 aromatic carbocycles. The average Bonchev–Trinajstić information content (AvgIpc) is 1.94. The summed E-state index contributed by atoms with van der Waals surface area (Å²) >= 11 is 3.29. The van der Waals surface area contributed by atoms with Gasteiger partial charge in [0.05, 0.1) is 0 Å². The smallest absolute Gasteiger partial charge is 0.102 e. The molecule has 3 nitrogen and oxygen atoms in total. The number of nitrogens with zero attached hydrogens (tertiary/aromatic N) is 2. The van der Waals surface area contributed by atoms with Gasteiger partial charge in [-0.15, -0.1) is 5.11 Å². The fourth-order valence-electron chi connectivity index (χ4n) is 0.595. The quantitative estimate of drug-likeness (QED) is 0.422. The van der Waals surface area contributed by atoms with Crippen molar-refractivity contribution in [2.24, 2.45) is 16.2 Å². The third-order valence-electron chi connectivity index (χ3n) is 1.02. The molecule has 0 saturated heterocycles. The van der Waals surface area contributed by atoms with Crippen molar-refractivity contribution in [2.75, 3.05) is 0 Å². The number of nitrogens with two attached hydrogens (primary N) is 1. The molecule has 0 aliphatic rings. The van der Waals surface area contributed by atoms with Crippen molar-refractivity contribution >= 4 is 21.6 Å². The summed E-state index contributed by atoms with van der Waals surface area (Å²) in [4.78, 5) is 0. The van der Waals surface area contributed by atoms with Gasteiger partial charge in [0.25, 0.3) is 0 Å². The average molecular weight is 200 g/mol. The fourth-order valence-corrected chi connectivity index (χ4v) is 0.959. The van der Waals surface area contributed by atoms with E-state index in [9.17, 15) is 0 Å². The maximum Gasteiger partial charge on any atom is 0.102 e. The number of halogens is 1. The van der Waals surface area contributed by atoms with Gasteiger partial charge in [-0.25, -0.2) is 0 Å². The highest BCUT2D eigenvalue weighted by molar-refractivity contribution is 9.10. The van der Waals surface area contributed by atoms with E-state index < -0.39 is 0 Å². The molecule has 0 aliphatic carbocycles. The minimum absolute atomic E-state index is 0.741. The van der Waals surface area contributed by atoms with E-state index in [1.54, 1.807) is 0 Å². The molecule has 52 valence electrons. The SMILES string of the molecule is NN=Nc1ccccc1Br. The molecule has 0 spiro atoms. The molecular formula is C6H6BrN3. The monoisotopic (exact) mass is 199 g/mol. The summed E-state index contributed by atoms with van der Waals surface area (Å²) < 4.78 is 0.893. The van der Waals surface area contributed by atoms with Crippen LogP contribution in [0.4, 0.5) is 5.69 Å². The van der Waals surface area contributed by atoms with Gasteiger partial charge in [-0.3, -0.25) is 0 Å². The van der Waals surface area contributed by atoms with Crippen molar-refractivity contribution in [3.05, 3.63) is 28.7 Å². The summed E-state index contributed by atoms with van der Waals surface area (Å²) in [5, 5.41) is 6.82. The third-order valence-corrected chi connectivity index (χ3v) is 1.69. The maximum absolute atomic E-state index is 4.87. The van der Waals surface area contributed by atoms with Gasteiger partial charge in [0.15, 0.2) is 0 Å². The van der Waals surface area contributed by atoms with E-state index >= 15 is 0 Å². The van der Waals surface area contributed by atoms with E-state index in [0.717, 1.165) is 10.2 Å². The van der Waals surface area contributed by atoms with Gasteiger partial charge in [-0.1, -0.05) is 17.4 Å². The van der Waals surface area contributed by atoms with Crippen molar-refractivity contribution in [3.63, 3.8) is 0 Å². The Kier molecular flexibility index (Phi) is 2.39. The Labute approximate surface area is 67.1 Å². The van der Waals surface area contributed by atoms with E-state index in [1.807, 2.05) is 24.3 Å². The summed E-state index contributed by atoms with van der Waals surface area (Å²) in [5.74, 6) is 4.87. The second-order valence-electron chi connectivity index (χ2n) is 1.67. The van der Waals surface area contributed by atoms with Gasteiger partial charge in [0, 0.05) is 4.47 Å². The highest BCUT2D eigenvalue weighted by Gasteiger charge is 1.92. The predicted octanol–water partition coefficient (Wildman–Crippen LogP) is 2.41. The second kappa shape index (κ2) is 3.31. The molecule has 0 heterocycles. The van der Waals surface area contributed by atoms with E-state index in [-0.39, 0.29) is 0 Å². The van der Waals surface area contributed by atoms with Crippen LogP contribution < -0.4 is 5.84 Å². The molecule has 10 heavy (non-hydrogen) atoms. The van der Waals surface area contributed by atoms with Gasteiger partial charge in [-0.2, -0.15) is 0 Å². The number of hydrogen-bond donors (Lipinski definition) is 1. The van der Waals surface area contributed by atoms with Crippen molar-refractivity contribution < 1.29 is 0 Å². The first-order valence-electron chi connectivity index (χ1n) is 2.70. The Hall–Kier alpha value is -0.900. The molecule has 0 aliphatic heterocycles. The lowest BCUT2D eigenvalue weighted by atomic mass is 10.3. The molecule has 0 atom stereocenters. The van der Waals surface area contributed by atoms with E-state index in [4.69, 9.17) is 5.84 Å². The lowest BCUT2D eigenvalue weighted by Gasteiger charge is -1.92. The van der Waals surface area contributed by atoms with E-state index in [0.29, 0.717) is 0 Å². The van der Waals surface area contributed by atoms with Crippen LogP contribution in [0.5, 0.6) is 0 Å². The Morgan fingerprint density at radius 1 is 1.30 bits per heavy atom. The zero-order valence-corrected chi connectivity index (χ0v) is 6.75. The molecule has 0 radical (unpaired) electrons. The van der Waals surface area contributed by atoms with Crippen LogP contribution in [0.25, 0.3) is 0 Å². The van der Waals surface area contributed by atoms with E-state index in [1.165, 1.54) is 0 Å². The van der Waals surface area contributed by atoms with Crippen LogP contribution in [0, 0.1) is 0 Å². The first-order chi connectivity index (χ1) is 4.84. The molecule has 0 saturated carbocycles. The molecule has 0 amide bonds. The van der Waals surface area contributed by atoms with Crippen LogP contribution in [0.1, 0.15) is 0 Å². The minimum atomic E-state index is 0.741. The summed E-state index contributed by atoms with van der Waals surface area (Å²) in [6.45, 7) is 0. The van der Waals surface area contributed by atoms with Gasteiger partial charge in [0.2, 0.25) is 0 Å². The standard InChI is InChI=1S/C6H6BrN3/c7-5-3-1-2-4-6(5)9-10-8/h1-4H,(H2,8,9). The highest BCUT2D eigenvalue weighted by Crippen LogP contribution is 2.23. The number of hydrogen-bond acceptors (Lipinski definition) is 2. The molecular weight excluding hydrogens is 194 g/mol. The molecule has 0 unspecified atom stereocenters. The Balaban J connectivity index is 3.03. The number of benzene rings is 1. The fraction of sp³-hybridized carbons (Fsp3) is 0. The molecule has 1 aromatic rings.